The van der Waals surface area contributed by atoms with Crippen molar-refractivity contribution in [2.45, 2.75) is 31.8 Å². The van der Waals surface area contributed by atoms with Crippen molar-refractivity contribution < 1.29 is 0 Å². The molecule has 1 aliphatic rings. The molecule has 3 heteroatoms. The highest BCUT2D eigenvalue weighted by molar-refractivity contribution is 5.18. The number of hydrogen-bond donors (Lipinski definition) is 1. The van der Waals surface area contributed by atoms with Crippen molar-refractivity contribution in [2.24, 2.45) is 5.73 Å². The van der Waals surface area contributed by atoms with Gasteiger partial charge >= 0.3 is 0 Å². The summed E-state index contributed by atoms with van der Waals surface area (Å²) in [6, 6.07) is 11.9. The number of nitrogens with two attached hydrogens (primary N) is 1. The van der Waals surface area contributed by atoms with Gasteiger partial charge in [0.2, 0.25) is 0 Å². The van der Waals surface area contributed by atoms with Crippen LogP contribution in [0.5, 0.6) is 0 Å². The summed E-state index contributed by atoms with van der Waals surface area (Å²) in [5, 5.41) is 0. The SMILES string of the molecule is CC(c1ccccc1)N1CCCN(C)C(CCN)C1. The molecule has 1 saturated heterocycles. The lowest BCUT2D eigenvalue weighted by Gasteiger charge is -2.32. The number of benzene rings is 1. The minimum Gasteiger partial charge on any atom is -0.330 e. The van der Waals surface area contributed by atoms with Crippen molar-refractivity contribution in [2.75, 3.05) is 33.2 Å². The van der Waals surface area contributed by atoms with Crippen molar-refractivity contribution in [1.29, 1.82) is 0 Å². The van der Waals surface area contributed by atoms with Gasteiger partial charge in [-0.15, -0.1) is 0 Å². The van der Waals surface area contributed by atoms with Crippen LogP contribution < -0.4 is 5.73 Å². The Kier molecular flexibility index (Phi) is 5.37. The molecule has 0 radical (unpaired) electrons. The van der Waals surface area contributed by atoms with Crippen LogP contribution in [-0.4, -0.2) is 49.1 Å². The van der Waals surface area contributed by atoms with E-state index in [0.29, 0.717) is 12.1 Å². The van der Waals surface area contributed by atoms with Crippen LogP contribution in [-0.2, 0) is 0 Å². The van der Waals surface area contributed by atoms with Crippen LogP contribution in [0.15, 0.2) is 30.3 Å². The van der Waals surface area contributed by atoms with E-state index in [2.05, 4.69) is 54.1 Å². The van der Waals surface area contributed by atoms with E-state index in [-0.39, 0.29) is 0 Å². The van der Waals surface area contributed by atoms with Crippen LogP contribution in [0.1, 0.15) is 31.4 Å². The van der Waals surface area contributed by atoms with E-state index in [4.69, 9.17) is 5.73 Å². The van der Waals surface area contributed by atoms with Crippen molar-refractivity contribution in [3.8, 4) is 0 Å². The minimum absolute atomic E-state index is 0.493. The Hall–Kier alpha value is -0.900. The van der Waals surface area contributed by atoms with Gasteiger partial charge in [-0.1, -0.05) is 30.3 Å². The minimum atomic E-state index is 0.493. The third kappa shape index (κ3) is 3.78. The van der Waals surface area contributed by atoms with E-state index in [0.717, 1.165) is 19.5 Å². The lowest BCUT2D eigenvalue weighted by molar-refractivity contribution is 0.168. The molecule has 2 atom stereocenters. The molecule has 1 fully saturated rings. The molecular formula is C16H27N3. The first-order chi connectivity index (χ1) is 9.22. The van der Waals surface area contributed by atoms with E-state index in [1.165, 1.54) is 25.1 Å². The molecule has 106 valence electrons. The quantitative estimate of drug-likeness (QED) is 0.901. The molecule has 0 aliphatic carbocycles. The van der Waals surface area contributed by atoms with Gasteiger partial charge in [-0.2, -0.15) is 0 Å². The second kappa shape index (κ2) is 7.04. The molecule has 2 N–H and O–H groups in total. The molecule has 19 heavy (non-hydrogen) atoms. The highest BCUT2D eigenvalue weighted by Gasteiger charge is 2.25. The van der Waals surface area contributed by atoms with E-state index in [9.17, 15) is 0 Å². The lowest BCUT2D eigenvalue weighted by Crippen LogP contribution is -2.41. The first-order valence-corrected chi connectivity index (χ1v) is 7.41. The predicted molar refractivity (Wildman–Crippen MR) is 81.1 cm³/mol. The molecule has 3 nitrogen and oxygen atoms in total. The third-order valence-corrected chi connectivity index (χ3v) is 4.35. The van der Waals surface area contributed by atoms with Gasteiger partial charge < -0.3 is 10.6 Å². The van der Waals surface area contributed by atoms with Gasteiger partial charge in [0.15, 0.2) is 0 Å². The van der Waals surface area contributed by atoms with Crippen LogP contribution >= 0.6 is 0 Å². The average Bonchev–Trinajstić information content (AvgIpc) is 2.62. The highest BCUT2D eigenvalue weighted by Crippen LogP contribution is 2.23. The van der Waals surface area contributed by atoms with Gasteiger partial charge in [0.25, 0.3) is 0 Å². The zero-order valence-corrected chi connectivity index (χ0v) is 12.3. The zero-order valence-electron chi connectivity index (χ0n) is 12.3. The number of nitrogens with zero attached hydrogens (tertiary/aromatic N) is 2. The van der Waals surface area contributed by atoms with Crippen LogP contribution in [0, 0.1) is 0 Å². The van der Waals surface area contributed by atoms with Gasteiger partial charge in [0, 0.05) is 25.2 Å². The second-order valence-corrected chi connectivity index (χ2v) is 5.65. The summed E-state index contributed by atoms with van der Waals surface area (Å²) >= 11 is 0. The Labute approximate surface area is 117 Å². The summed E-state index contributed by atoms with van der Waals surface area (Å²) in [6.07, 6.45) is 2.34. The van der Waals surface area contributed by atoms with Crippen molar-refractivity contribution in [1.82, 2.24) is 9.80 Å². The summed E-state index contributed by atoms with van der Waals surface area (Å²) in [7, 11) is 2.23. The van der Waals surface area contributed by atoms with Crippen LogP contribution in [0.2, 0.25) is 0 Å². The van der Waals surface area contributed by atoms with E-state index in [1.54, 1.807) is 0 Å². The Balaban J connectivity index is 2.06. The normalized spacial score (nSPS) is 24.1. The van der Waals surface area contributed by atoms with E-state index >= 15 is 0 Å². The summed E-state index contributed by atoms with van der Waals surface area (Å²) in [4.78, 5) is 5.09. The molecule has 0 spiro atoms. The highest BCUT2D eigenvalue weighted by atomic mass is 15.2. The monoisotopic (exact) mass is 261 g/mol. The Morgan fingerprint density at radius 3 is 2.68 bits per heavy atom. The average molecular weight is 261 g/mol. The maximum atomic E-state index is 5.76. The van der Waals surface area contributed by atoms with Gasteiger partial charge in [-0.25, -0.2) is 0 Å². The predicted octanol–water partition coefficient (Wildman–Crippen LogP) is 2.10. The molecule has 1 aliphatic heterocycles. The lowest BCUT2D eigenvalue weighted by atomic mass is 10.1. The fourth-order valence-corrected chi connectivity index (χ4v) is 3.01. The molecule has 2 rings (SSSR count). The molecular weight excluding hydrogens is 234 g/mol. The van der Waals surface area contributed by atoms with Crippen LogP contribution in [0.4, 0.5) is 0 Å². The maximum absolute atomic E-state index is 5.76. The standard InChI is InChI=1S/C16H27N3/c1-14(15-7-4-3-5-8-15)19-12-6-11-18(2)16(13-19)9-10-17/h3-5,7-8,14,16H,6,9-13,17H2,1-2H3. The van der Waals surface area contributed by atoms with Crippen molar-refractivity contribution in [3.05, 3.63) is 35.9 Å². The van der Waals surface area contributed by atoms with Gasteiger partial charge in [0.05, 0.1) is 0 Å². The molecule has 0 bridgehead atoms. The second-order valence-electron chi connectivity index (χ2n) is 5.65. The fraction of sp³-hybridized carbons (Fsp3) is 0.625. The molecule has 0 aromatic heterocycles. The summed E-state index contributed by atoms with van der Waals surface area (Å²) < 4.78 is 0. The molecule has 2 unspecified atom stereocenters. The summed E-state index contributed by atoms with van der Waals surface area (Å²) in [5.41, 5.74) is 7.18. The third-order valence-electron chi connectivity index (χ3n) is 4.35. The summed E-state index contributed by atoms with van der Waals surface area (Å²) in [6.45, 7) is 6.59. The Morgan fingerprint density at radius 1 is 1.26 bits per heavy atom. The Morgan fingerprint density at radius 2 is 2.00 bits per heavy atom. The summed E-state index contributed by atoms with van der Waals surface area (Å²) in [5.74, 6) is 0. The zero-order chi connectivity index (χ0) is 13.7. The molecule has 1 aromatic rings. The number of rotatable bonds is 4. The molecule has 1 heterocycles. The Bertz CT molecular complexity index is 366. The van der Waals surface area contributed by atoms with Crippen molar-refractivity contribution >= 4 is 0 Å². The van der Waals surface area contributed by atoms with Crippen LogP contribution in [0.3, 0.4) is 0 Å². The molecule has 0 amide bonds. The van der Waals surface area contributed by atoms with E-state index < -0.39 is 0 Å². The smallest absolute Gasteiger partial charge is 0.0320 e. The fourth-order valence-electron chi connectivity index (χ4n) is 3.01. The first-order valence-electron chi connectivity index (χ1n) is 7.41. The van der Waals surface area contributed by atoms with Gasteiger partial charge in [0.1, 0.15) is 0 Å². The number of likely N-dealkylation sites (N-methyl/N-ethyl adjacent to an activating group) is 1. The van der Waals surface area contributed by atoms with Crippen molar-refractivity contribution in [3.63, 3.8) is 0 Å². The van der Waals surface area contributed by atoms with Crippen LogP contribution in [0.25, 0.3) is 0 Å². The number of hydrogen-bond acceptors (Lipinski definition) is 3. The molecule has 0 saturated carbocycles. The van der Waals surface area contributed by atoms with Gasteiger partial charge in [-0.05, 0) is 45.5 Å². The maximum Gasteiger partial charge on any atom is 0.0320 e. The largest absolute Gasteiger partial charge is 0.330 e. The van der Waals surface area contributed by atoms with E-state index in [1.807, 2.05) is 0 Å². The molecule has 1 aromatic carbocycles. The topological polar surface area (TPSA) is 32.5 Å². The first kappa shape index (κ1) is 14.5. The van der Waals surface area contributed by atoms with Gasteiger partial charge in [-0.3, -0.25) is 4.90 Å².